The Kier molecular flexibility index (Phi) is 4.18. The van der Waals surface area contributed by atoms with E-state index in [-0.39, 0.29) is 18.1 Å². The number of aryl methyl sites for hydroxylation is 1. The number of nitrogens with two attached hydrogens (primary N) is 1. The Hall–Kier alpha value is -2.30. The number of amides is 1. The van der Waals surface area contributed by atoms with E-state index in [1.807, 2.05) is 0 Å². The van der Waals surface area contributed by atoms with Gasteiger partial charge in [0.1, 0.15) is 11.5 Å². The number of aromatic nitrogens is 3. The van der Waals surface area contributed by atoms with Crippen molar-refractivity contribution in [3.63, 3.8) is 0 Å². The van der Waals surface area contributed by atoms with E-state index in [0.717, 1.165) is 11.5 Å². The zero-order valence-electron chi connectivity index (χ0n) is 10.2. The van der Waals surface area contributed by atoms with Crippen LogP contribution in [0, 0.1) is 18.8 Å². The fourth-order valence-electron chi connectivity index (χ4n) is 1.34. The van der Waals surface area contributed by atoms with Crippen LogP contribution in [0.2, 0.25) is 0 Å². The summed E-state index contributed by atoms with van der Waals surface area (Å²) in [5, 5.41) is 3.08. The zero-order valence-corrected chi connectivity index (χ0v) is 11.0. The molecule has 0 aliphatic rings. The molecule has 0 fully saturated rings. The number of pyridine rings is 1. The van der Waals surface area contributed by atoms with Crippen LogP contribution in [0.5, 0.6) is 0 Å². The maximum atomic E-state index is 12.1. The van der Waals surface area contributed by atoms with E-state index >= 15 is 0 Å². The smallest absolute Gasteiger partial charge is 0.277 e. The van der Waals surface area contributed by atoms with Gasteiger partial charge in [-0.3, -0.25) is 10.1 Å². The normalized spacial score (nSPS) is 9.58. The van der Waals surface area contributed by atoms with Gasteiger partial charge in [0.25, 0.3) is 5.91 Å². The minimum Gasteiger partial charge on any atom is -0.320 e. The molecule has 1 amide bonds. The summed E-state index contributed by atoms with van der Waals surface area (Å²) in [5.74, 6) is 5.77. The van der Waals surface area contributed by atoms with Crippen molar-refractivity contribution in [3.8, 4) is 11.8 Å². The van der Waals surface area contributed by atoms with E-state index in [9.17, 15) is 4.79 Å². The molecule has 0 bridgehead atoms. The largest absolute Gasteiger partial charge is 0.320 e. The summed E-state index contributed by atoms with van der Waals surface area (Å²) >= 11 is 1.12. The van der Waals surface area contributed by atoms with Gasteiger partial charge in [0.05, 0.1) is 12.1 Å². The zero-order chi connectivity index (χ0) is 13.7. The van der Waals surface area contributed by atoms with Gasteiger partial charge in [0.2, 0.25) is 5.13 Å². The van der Waals surface area contributed by atoms with E-state index in [0.29, 0.717) is 16.5 Å². The first kappa shape index (κ1) is 13.1. The maximum absolute atomic E-state index is 12.1. The first-order valence-electron chi connectivity index (χ1n) is 5.46. The molecule has 2 aromatic rings. The molecule has 0 saturated carbocycles. The van der Waals surface area contributed by atoms with Crippen LogP contribution < -0.4 is 11.1 Å². The van der Waals surface area contributed by atoms with Gasteiger partial charge in [-0.05, 0) is 19.1 Å². The molecule has 0 radical (unpaired) electrons. The number of rotatable bonds is 2. The highest BCUT2D eigenvalue weighted by Crippen LogP contribution is 2.12. The van der Waals surface area contributed by atoms with Gasteiger partial charge in [0, 0.05) is 17.7 Å². The Morgan fingerprint density at radius 3 is 3.11 bits per heavy atom. The minimum atomic E-state index is -0.363. The average molecular weight is 273 g/mol. The second kappa shape index (κ2) is 6.04. The molecule has 0 spiro atoms. The highest BCUT2D eigenvalue weighted by atomic mass is 32.1. The number of hydrogen-bond donors (Lipinski definition) is 2. The second-order valence-corrected chi connectivity index (χ2v) is 4.26. The number of anilines is 1. The molecule has 2 aromatic heterocycles. The van der Waals surface area contributed by atoms with E-state index in [1.165, 1.54) is 6.20 Å². The molecular weight excluding hydrogens is 262 g/mol. The number of carbonyl (C=O) groups is 1. The average Bonchev–Trinajstić information content (AvgIpc) is 2.82. The summed E-state index contributed by atoms with van der Waals surface area (Å²) in [6, 6.07) is 3.43. The maximum Gasteiger partial charge on any atom is 0.277 e. The van der Waals surface area contributed by atoms with Crippen molar-refractivity contribution in [1.29, 1.82) is 0 Å². The molecule has 0 saturated heterocycles. The molecular formula is C12H11N5OS. The molecule has 0 unspecified atom stereocenters. The number of nitrogens with zero attached hydrogens (tertiary/aromatic N) is 3. The first-order valence-corrected chi connectivity index (χ1v) is 6.23. The van der Waals surface area contributed by atoms with Crippen molar-refractivity contribution >= 4 is 22.6 Å². The van der Waals surface area contributed by atoms with Gasteiger partial charge in [-0.25, -0.2) is 9.97 Å². The van der Waals surface area contributed by atoms with Crippen molar-refractivity contribution < 1.29 is 4.79 Å². The lowest BCUT2D eigenvalue weighted by atomic mass is 10.2. The topological polar surface area (TPSA) is 93.8 Å². The molecule has 0 atom stereocenters. The minimum absolute atomic E-state index is 0.228. The van der Waals surface area contributed by atoms with Crippen LogP contribution in [0.1, 0.15) is 21.9 Å². The first-order chi connectivity index (χ1) is 9.20. The molecule has 2 rings (SSSR count). The Bertz CT molecular complexity index is 655. The van der Waals surface area contributed by atoms with Crippen molar-refractivity contribution in [1.82, 2.24) is 14.3 Å². The molecule has 3 N–H and O–H groups in total. The predicted octanol–water partition coefficient (Wildman–Crippen LogP) is 0.804. The standard InChI is InChI=1S/C12H11N5OS/c1-8-15-12(19-17-8)16-11(18)10-9(4-2-6-13)5-3-7-14-10/h3,5,7H,6,13H2,1H3,(H,15,16,17,18). The molecule has 2 heterocycles. The number of carbonyl (C=O) groups excluding carboxylic acids is 1. The number of nitrogens with one attached hydrogen (secondary N) is 1. The molecule has 7 heteroatoms. The molecule has 0 aromatic carbocycles. The Balaban J connectivity index is 2.23. The quantitative estimate of drug-likeness (QED) is 0.789. The summed E-state index contributed by atoms with van der Waals surface area (Å²) in [4.78, 5) is 20.2. The van der Waals surface area contributed by atoms with Gasteiger partial charge in [-0.1, -0.05) is 11.8 Å². The van der Waals surface area contributed by atoms with E-state index in [2.05, 4.69) is 31.5 Å². The Labute approximate surface area is 114 Å². The highest BCUT2D eigenvalue weighted by molar-refractivity contribution is 7.09. The van der Waals surface area contributed by atoms with Crippen molar-refractivity contribution in [2.75, 3.05) is 11.9 Å². The fraction of sp³-hybridized carbons (Fsp3) is 0.167. The molecule has 19 heavy (non-hydrogen) atoms. The van der Waals surface area contributed by atoms with Gasteiger partial charge < -0.3 is 5.73 Å². The lowest BCUT2D eigenvalue weighted by Gasteiger charge is -2.02. The lowest BCUT2D eigenvalue weighted by molar-refractivity contribution is 0.102. The SMILES string of the molecule is Cc1nsc(NC(=O)c2ncccc2C#CCN)n1. The summed E-state index contributed by atoms with van der Waals surface area (Å²) in [6.07, 6.45) is 1.54. The van der Waals surface area contributed by atoms with E-state index < -0.39 is 0 Å². The lowest BCUT2D eigenvalue weighted by Crippen LogP contribution is -2.15. The fourth-order valence-corrected chi connectivity index (χ4v) is 1.91. The second-order valence-electron chi connectivity index (χ2n) is 3.51. The van der Waals surface area contributed by atoms with Gasteiger partial charge >= 0.3 is 0 Å². The van der Waals surface area contributed by atoms with Crippen LogP contribution in [-0.4, -0.2) is 26.8 Å². The molecule has 0 aliphatic heterocycles. The van der Waals surface area contributed by atoms with Crippen LogP contribution in [0.15, 0.2) is 18.3 Å². The third-order valence-corrected chi connectivity index (χ3v) is 2.82. The van der Waals surface area contributed by atoms with Crippen molar-refractivity contribution in [2.45, 2.75) is 6.92 Å². The van der Waals surface area contributed by atoms with Gasteiger partial charge in [0.15, 0.2) is 0 Å². The van der Waals surface area contributed by atoms with Crippen molar-refractivity contribution in [2.24, 2.45) is 5.73 Å². The summed E-state index contributed by atoms with van der Waals surface area (Å²) in [6.45, 7) is 1.98. The molecule has 96 valence electrons. The van der Waals surface area contributed by atoms with E-state index in [1.54, 1.807) is 19.1 Å². The third kappa shape index (κ3) is 3.34. The molecule has 0 aliphatic carbocycles. The summed E-state index contributed by atoms with van der Waals surface area (Å²) < 4.78 is 3.99. The highest BCUT2D eigenvalue weighted by Gasteiger charge is 2.13. The van der Waals surface area contributed by atoms with Crippen molar-refractivity contribution in [3.05, 3.63) is 35.4 Å². The van der Waals surface area contributed by atoms with Crippen LogP contribution in [-0.2, 0) is 0 Å². The summed E-state index contributed by atoms with van der Waals surface area (Å²) in [5.41, 5.74) is 6.10. The third-order valence-electron chi connectivity index (χ3n) is 2.10. The van der Waals surface area contributed by atoms with Gasteiger partial charge in [-0.15, -0.1) is 0 Å². The van der Waals surface area contributed by atoms with Crippen LogP contribution >= 0.6 is 11.5 Å². The van der Waals surface area contributed by atoms with Crippen LogP contribution in [0.25, 0.3) is 0 Å². The van der Waals surface area contributed by atoms with Crippen LogP contribution in [0.4, 0.5) is 5.13 Å². The Morgan fingerprint density at radius 2 is 2.42 bits per heavy atom. The van der Waals surface area contributed by atoms with E-state index in [4.69, 9.17) is 5.73 Å². The number of hydrogen-bond acceptors (Lipinski definition) is 6. The molecule has 6 nitrogen and oxygen atoms in total. The monoisotopic (exact) mass is 273 g/mol. The Morgan fingerprint density at radius 1 is 1.58 bits per heavy atom. The summed E-state index contributed by atoms with van der Waals surface area (Å²) in [7, 11) is 0. The van der Waals surface area contributed by atoms with Crippen LogP contribution in [0.3, 0.4) is 0 Å². The predicted molar refractivity (Wildman–Crippen MR) is 72.8 cm³/mol. The van der Waals surface area contributed by atoms with Gasteiger partial charge in [-0.2, -0.15) is 4.37 Å².